The van der Waals surface area contributed by atoms with Crippen molar-refractivity contribution in [2.75, 3.05) is 18.5 Å². The van der Waals surface area contributed by atoms with Crippen molar-refractivity contribution in [3.8, 4) is 11.5 Å². The molecule has 0 unspecified atom stereocenters. The van der Waals surface area contributed by atoms with Crippen molar-refractivity contribution in [1.82, 2.24) is 9.97 Å². The third kappa shape index (κ3) is 3.81. The normalized spacial score (nSPS) is 14.8. The first-order valence-electron chi connectivity index (χ1n) is 8.61. The Morgan fingerprint density at radius 2 is 2.00 bits per heavy atom. The van der Waals surface area contributed by atoms with Crippen LogP contribution in [0.3, 0.4) is 0 Å². The van der Waals surface area contributed by atoms with E-state index in [0.717, 1.165) is 11.3 Å². The number of nitrogens with one attached hydrogen (secondary N) is 1. The SMILES string of the molecule is O=C(c1ccccn1)c1sc(NC(=O)C2CCOCC2)nc1-c1ccco1. The van der Waals surface area contributed by atoms with E-state index in [-0.39, 0.29) is 17.6 Å². The summed E-state index contributed by atoms with van der Waals surface area (Å²) in [7, 11) is 0. The molecule has 0 aromatic carbocycles. The van der Waals surface area contributed by atoms with Crippen LogP contribution >= 0.6 is 11.3 Å². The fourth-order valence-corrected chi connectivity index (χ4v) is 3.81. The predicted molar refractivity (Wildman–Crippen MR) is 99.7 cm³/mol. The van der Waals surface area contributed by atoms with E-state index in [0.29, 0.717) is 53.2 Å². The van der Waals surface area contributed by atoms with Crippen LogP contribution in [0, 0.1) is 5.92 Å². The van der Waals surface area contributed by atoms with Crippen molar-refractivity contribution in [3.05, 3.63) is 53.4 Å². The minimum atomic E-state index is -0.258. The average molecular weight is 383 g/mol. The molecule has 8 heteroatoms. The minimum absolute atomic E-state index is 0.102. The first-order valence-corrected chi connectivity index (χ1v) is 9.43. The Bertz CT molecular complexity index is 931. The van der Waals surface area contributed by atoms with Crippen molar-refractivity contribution in [1.29, 1.82) is 0 Å². The zero-order valence-corrected chi connectivity index (χ0v) is 15.2. The second-order valence-corrected chi connectivity index (χ2v) is 7.09. The Morgan fingerprint density at radius 1 is 1.15 bits per heavy atom. The lowest BCUT2D eigenvalue weighted by Crippen LogP contribution is -2.28. The van der Waals surface area contributed by atoms with E-state index < -0.39 is 0 Å². The van der Waals surface area contributed by atoms with Crippen molar-refractivity contribution >= 4 is 28.2 Å². The number of nitrogens with zero attached hydrogens (tertiary/aromatic N) is 2. The summed E-state index contributed by atoms with van der Waals surface area (Å²) in [6.07, 6.45) is 4.45. The van der Waals surface area contributed by atoms with Gasteiger partial charge in [0.05, 0.1) is 6.26 Å². The zero-order valence-electron chi connectivity index (χ0n) is 14.4. The predicted octanol–water partition coefficient (Wildman–Crippen LogP) is 3.39. The maximum Gasteiger partial charge on any atom is 0.229 e. The van der Waals surface area contributed by atoms with Gasteiger partial charge in [0, 0.05) is 25.3 Å². The summed E-state index contributed by atoms with van der Waals surface area (Å²) in [5.41, 5.74) is 0.721. The Balaban J connectivity index is 1.64. The molecule has 1 N–H and O–H groups in total. The summed E-state index contributed by atoms with van der Waals surface area (Å²) < 4.78 is 10.7. The quantitative estimate of drug-likeness (QED) is 0.679. The van der Waals surface area contributed by atoms with Gasteiger partial charge in [-0.1, -0.05) is 17.4 Å². The smallest absolute Gasteiger partial charge is 0.229 e. The summed E-state index contributed by atoms with van der Waals surface area (Å²) in [6, 6.07) is 8.60. The lowest BCUT2D eigenvalue weighted by molar-refractivity contribution is -0.122. The Morgan fingerprint density at radius 3 is 2.70 bits per heavy atom. The molecular formula is C19H17N3O4S. The molecule has 1 aliphatic rings. The van der Waals surface area contributed by atoms with Crippen LogP contribution in [0.2, 0.25) is 0 Å². The first-order chi connectivity index (χ1) is 13.2. The van der Waals surface area contributed by atoms with E-state index >= 15 is 0 Å². The van der Waals surface area contributed by atoms with Crippen LogP contribution in [-0.2, 0) is 9.53 Å². The molecule has 0 spiro atoms. The van der Waals surface area contributed by atoms with Crippen molar-refractivity contribution in [2.45, 2.75) is 12.8 Å². The Kier molecular flexibility index (Phi) is 5.08. The fourth-order valence-electron chi connectivity index (χ4n) is 2.89. The molecule has 1 fully saturated rings. The number of hydrogen-bond donors (Lipinski definition) is 1. The molecule has 0 radical (unpaired) electrons. The second-order valence-electron chi connectivity index (χ2n) is 6.09. The van der Waals surface area contributed by atoms with E-state index in [9.17, 15) is 9.59 Å². The van der Waals surface area contributed by atoms with Gasteiger partial charge in [0.15, 0.2) is 10.9 Å². The molecular weight excluding hydrogens is 366 g/mol. The van der Waals surface area contributed by atoms with E-state index in [1.165, 1.54) is 6.26 Å². The molecule has 1 aliphatic heterocycles. The molecule has 0 aliphatic carbocycles. The average Bonchev–Trinajstić information content (AvgIpc) is 3.38. The second kappa shape index (κ2) is 7.81. The summed E-state index contributed by atoms with van der Waals surface area (Å²) >= 11 is 1.13. The topological polar surface area (TPSA) is 94.3 Å². The van der Waals surface area contributed by atoms with Gasteiger partial charge in [-0.15, -0.1) is 0 Å². The molecule has 0 atom stereocenters. The first kappa shape index (κ1) is 17.6. The lowest BCUT2D eigenvalue weighted by Gasteiger charge is -2.20. The molecule has 3 aromatic rings. The number of furan rings is 1. The summed E-state index contributed by atoms with van der Waals surface area (Å²) in [4.78, 5) is 34.3. The molecule has 4 heterocycles. The summed E-state index contributed by atoms with van der Waals surface area (Å²) in [5, 5.41) is 3.21. The number of ether oxygens (including phenoxy) is 1. The number of rotatable bonds is 5. The van der Waals surface area contributed by atoms with Crippen LogP contribution in [0.25, 0.3) is 11.5 Å². The van der Waals surface area contributed by atoms with E-state index in [4.69, 9.17) is 9.15 Å². The molecule has 3 aromatic heterocycles. The third-order valence-electron chi connectivity index (χ3n) is 4.31. The lowest BCUT2D eigenvalue weighted by atomic mass is 10.00. The number of carbonyl (C=O) groups is 2. The molecule has 138 valence electrons. The highest BCUT2D eigenvalue weighted by Gasteiger charge is 2.26. The highest BCUT2D eigenvalue weighted by molar-refractivity contribution is 7.18. The van der Waals surface area contributed by atoms with Gasteiger partial charge in [-0.3, -0.25) is 14.6 Å². The van der Waals surface area contributed by atoms with Gasteiger partial charge in [-0.25, -0.2) is 4.98 Å². The van der Waals surface area contributed by atoms with Crippen molar-refractivity contribution in [3.63, 3.8) is 0 Å². The summed E-state index contributed by atoms with van der Waals surface area (Å²) in [6.45, 7) is 1.16. The van der Waals surface area contributed by atoms with Crippen LogP contribution in [0.4, 0.5) is 5.13 Å². The molecule has 7 nitrogen and oxygen atoms in total. The molecule has 1 amide bonds. The maximum atomic E-state index is 12.9. The standard InChI is InChI=1S/C19H17N3O4S/c23-16(13-4-1-2-8-20-13)17-15(14-5-3-9-26-14)21-19(27-17)22-18(24)12-6-10-25-11-7-12/h1-5,8-9,12H,6-7,10-11H2,(H,21,22,24). The molecule has 4 rings (SSSR count). The van der Waals surface area contributed by atoms with E-state index in [2.05, 4.69) is 15.3 Å². The number of anilines is 1. The fraction of sp³-hybridized carbons (Fsp3) is 0.263. The van der Waals surface area contributed by atoms with Crippen molar-refractivity contribution < 1.29 is 18.7 Å². The number of pyridine rings is 1. The van der Waals surface area contributed by atoms with Gasteiger partial charge in [-0.05, 0) is 37.1 Å². The van der Waals surface area contributed by atoms with E-state index in [1.54, 1.807) is 36.5 Å². The molecule has 1 saturated heterocycles. The minimum Gasteiger partial charge on any atom is -0.463 e. The number of amides is 1. The number of carbonyl (C=O) groups excluding carboxylic acids is 2. The maximum absolute atomic E-state index is 12.9. The molecule has 27 heavy (non-hydrogen) atoms. The van der Waals surface area contributed by atoms with Crippen LogP contribution in [0.15, 0.2) is 47.2 Å². The largest absolute Gasteiger partial charge is 0.463 e. The highest BCUT2D eigenvalue weighted by atomic mass is 32.1. The van der Waals surface area contributed by atoms with Crippen LogP contribution in [0.5, 0.6) is 0 Å². The van der Waals surface area contributed by atoms with Gasteiger partial charge < -0.3 is 14.5 Å². The monoisotopic (exact) mass is 383 g/mol. The molecule has 0 saturated carbocycles. The number of thiazole rings is 1. The number of ketones is 1. The number of hydrogen-bond acceptors (Lipinski definition) is 7. The van der Waals surface area contributed by atoms with Crippen LogP contribution in [0.1, 0.15) is 28.2 Å². The summed E-state index contributed by atoms with van der Waals surface area (Å²) in [5.74, 6) is 0.00250. The third-order valence-corrected chi connectivity index (χ3v) is 5.28. The van der Waals surface area contributed by atoms with E-state index in [1.807, 2.05) is 0 Å². The van der Waals surface area contributed by atoms with Gasteiger partial charge in [0.1, 0.15) is 16.3 Å². The Hall–Kier alpha value is -2.84. The van der Waals surface area contributed by atoms with Crippen LogP contribution < -0.4 is 5.32 Å². The van der Waals surface area contributed by atoms with Crippen LogP contribution in [-0.4, -0.2) is 34.9 Å². The molecule has 0 bridgehead atoms. The van der Waals surface area contributed by atoms with Gasteiger partial charge in [0.25, 0.3) is 0 Å². The van der Waals surface area contributed by atoms with Gasteiger partial charge in [-0.2, -0.15) is 0 Å². The zero-order chi connectivity index (χ0) is 18.6. The number of aromatic nitrogens is 2. The van der Waals surface area contributed by atoms with Crippen molar-refractivity contribution in [2.24, 2.45) is 5.92 Å². The Labute approximate surface area is 159 Å². The van der Waals surface area contributed by atoms with Gasteiger partial charge >= 0.3 is 0 Å². The van der Waals surface area contributed by atoms with Gasteiger partial charge in [0.2, 0.25) is 11.7 Å². The highest BCUT2D eigenvalue weighted by Crippen LogP contribution is 2.33.